The zero-order chi connectivity index (χ0) is 14.3. The third-order valence-electron chi connectivity index (χ3n) is 2.41. The maximum Gasteiger partial charge on any atom is 0.129 e. The first-order valence-corrected chi connectivity index (χ1v) is 6.89. The molecule has 0 radical (unpaired) electrons. The predicted octanol–water partition coefficient (Wildman–Crippen LogP) is 3.11. The zero-order valence-corrected chi connectivity index (χ0v) is 12.8. The fourth-order valence-corrected chi connectivity index (χ4v) is 1.48. The molecular formula is C15H27NO3. The average molecular weight is 269 g/mol. The number of hydrogen-bond acceptors (Lipinski definition) is 4. The molecule has 0 spiro atoms. The van der Waals surface area contributed by atoms with E-state index in [1.807, 2.05) is 32.9 Å². The molecule has 1 rings (SSSR count). The second kappa shape index (κ2) is 7.68. The fraction of sp³-hybridized carbons (Fsp3) is 0.733. The summed E-state index contributed by atoms with van der Waals surface area (Å²) in [5.41, 5.74) is -0.107. The fourth-order valence-electron chi connectivity index (χ4n) is 1.48. The van der Waals surface area contributed by atoms with Crippen LogP contribution in [0.15, 0.2) is 16.5 Å². The lowest BCUT2D eigenvalue weighted by atomic mass is 10.2. The number of ether oxygens (including phenoxy) is 2. The highest BCUT2D eigenvalue weighted by Gasteiger charge is 2.09. The lowest BCUT2D eigenvalue weighted by molar-refractivity contribution is -0.0395. The van der Waals surface area contributed by atoms with Gasteiger partial charge in [-0.2, -0.15) is 0 Å². The van der Waals surface area contributed by atoms with Gasteiger partial charge in [0.1, 0.15) is 18.1 Å². The van der Waals surface area contributed by atoms with E-state index in [0.717, 1.165) is 18.1 Å². The van der Waals surface area contributed by atoms with Crippen LogP contribution in [0.5, 0.6) is 0 Å². The molecule has 1 aromatic rings. The van der Waals surface area contributed by atoms with Crippen LogP contribution in [0, 0.1) is 0 Å². The highest BCUT2D eigenvalue weighted by Crippen LogP contribution is 2.10. The summed E-state index contributed by atoms with van der Waals surface area (Å²) in [5, 5.41) is 3.31. The van der Waals surface area contributed by atoms with Gasteiger partial charge in [-0.3, -0.25) is 0 Å². The Morgan fingerprint density at radius 3 is 2.47 bits per heavy atom. The van der Waals surface area contributed by atoms with E-state index in [9.17, 15) is 0 Å². The van der Waals surface area contributed by atoms with Crippen molar-refractivity contribution in [3.05, 3.63) is 23.7 Å². The lowest BCUT2D eigenvalue weighted by Crippen LogP contribution is -2.21. The summed E-state index contributed by atoms with van der Waals surface area (Å²) in [5.74, 6) is 1.80. The van der Waals surface area contributed by atoms with Crippen molar-refractivity contribution in [1.29, 1.82) is 0 Å². The number of rotatable bonds is 8. The summed E-state index contributed by atoms with van der Waals surface area (Å²) < 4.78 is 16.7. The van der Waals surface area contributed by atoms with Crippen molar-refractivity contribution in [3.63, 3.8) is 0 Å². The zero-order valence-electron chi connectivity index (χ0n) is 12.8. The van der Waals surface area contributed by atoms with Gasteiger partial charge in [0.25, 0.3) is 0 Å². The summed E-state index contributed by atoms with van der Waals surface area (Å²) in [6.45, 7) is 12.8. The largest absolute Gasteiger partial charge is 0.462 e. The van der Waals surface area contributed by atoms with Gasteiger partial charge in [0.2, 0.25) is 0 Å². The SMILES string of the molecule is CC(C)NCc1ccc(COCCOC(C)(C)C)o1. The molecule has 19 heavy (non-hydrogen) atoms. The molecule has 0 unspecified atom stereocenters. The monoisotopic (exact) mass is 269 g/mol. The molecule has 4 nitrogen and oxygen atoms in total. The minimum atomic E-state index is -0.107. The van der Waals surface area contributed by atoms with E-state index in [1.165, 1.54) is 0 Å². The van der Waals surface area contributed by atoms with Gasteiger partial charge in [0.15, 0.2) is 0 Å². The molecule has 1 N–H and O–H groups in total. The third-order valence-corrected chi connectivity index (χ3v) is 2.41. The van der Waals surface area contributed by atoms with E-state index in [0.29, 0.717) is 25.9 Å². The minimum Gasteiger partial charge on any atom is -0.462 e. The Bertz CT molecular complexity index is 353. The van der Waals surface area contributed by atoms with Crippen molar-refractivity contribution < 1.29 is 13.9 Å². The van der Waals surface area contributed by atoms with E-state index in [-0.39, 0.29) is 5.60 Å². The summed E-state index contributed by atoms with van der Waals surface area (Å²) >= 11 is 0. The number of nitrogens with one attached hydrogen (secondary N) is 1. The summed E-state index contributed by atoms with van der Waals surface area (Å²) in [6.07, 6.45) is 0. The quantitative estimate of drug-likeness (QED) is 0.736. The van der Waals surface area contributed by atoms with Crippen LogP contribution in [0.3, 0.4) is 0 Å². The Morgan fingerprint density at radius 1 is 1.16 bits per heavy atom. The first kappa shape index (κ1) is 16.2. The van der Waals surface area contributed by atoms with E-state index in [4.69, 9.17) is 13.9 Å². The highest BCUT2D eigenvalue weighted by molar-refractivity contribution is 5.06. The molecule has 0 fully saturated rings. The molecule has 0 aliphatic heterocycles. The van der Waals surface area contributed by atoms with Crippen molar-refractivity contribution in [2.45, 2.75) is 59.4 Å². The van der Waals surface area contributed by atoms with Crippen LogP contribution in [-0.4, -0.2) is 24.9 Å². The number of furan rings is 1. The van der Waals surface area contributed by atoms with Crippen molar-refractivity contribution in [2.75, 3.05) is 13.2 Å². The molecule has 110 valence electrons. The maximum atomic E-state index is 5.65. The lowest BCUT2D eigenvalue weighted by Gasteiger charge is -2.19. The third kappa shape index (κ3) is 8.03. The molecule has 0 aromatic carbocycles. The van der Waals surface area contributed by atoms with Crippen LogP contribution in [0.25, 0.3) is 0 Å². The van der Waals surface area contributed by atoms with Crippen LogP contribution >= 0.6 is 0 Å². The molecule has 4 heteroatoms. The van der Waals surface area contributed by atoms with Gasteiger partial charge in [0.05, 0.1) is 25.4 Å². The van der Waals surface area contributed by atoms with Crippen molar-refractivity contribution >= 4 is 0 Å². The molecule has 1 heterocycles. The minimum absolute atomic E-state index is 0.107. The van der Waals surface area contributed by atoms with Crippen molar-refractivity contribution in [3.8, 4) is 0 Å². The Balaban J connectivity index is 2.16. The van der Waals surface area contributed by atoms with E-state index < -0.39 is 0 Å². The van der Waals surface area contributed by atoms with Gasteiger partial charge in [-0.05, 0) is 32.9 Å². The highest BCUT2D eigenvalue weighted by atomic mass is 16.5. The van der Waals surface area contributed by atoms with Gasteiger partial charge >= 0.3 is 0 Å². The molecule has 0 amide bonds. The Hall–Kier alpha value is -0.840. The van der Waals surface area contributed by atoms with E-state index in [1.54, 1.807) is 0 Å². The van der Waals surface area contributed by atoms with Crippen LogP contribution in [0.1, 0.15) is 46.1 Å². The Morgan fingerprint density at radius 2 is 1.84 bits per heavy atom. The van der Waals surface area contributed by atoms with E-state index >= 15 is 0 Å². The van der Waals surface area contributed by atoms with Gasteiger partial charge in [-0.25, -0.2) is 0 Å². The van der Waals surface area contributed by atoms with Crippen LogP contribution in [0.4, 0.5) is 0 Å². The topological polar surface area (TPSA) is 43.6 Å². The van der Waals surface area contributed by atoms with Crippen LogP contribution < -0.4 is 5.32 Å². The summed E-state index contributed by atoms with van der Waals surface area (Å²) in [4.78, 5) is 0. The standard InChI is InChI=1S/C15H27NO3/c1-12(2)16-10-13-6-7-14(19-13)11-17-8-9-18-15(3,4)5/h6-7,12,16H,8-11H2,1-5H3. The summed E-state index contributed by atoms with van der Waals surface area (Å²) in [7, 11) is 0. The van der Waals surface area contributed by atoms with Gasteiger partial charge < -0.3 is 19.2 Å². The molecule has 0 saturated carbocycles. The van der Waals surface area contributed by atoms with Crippen LogP contribution in [-0.2, 0) is 22.6 Å². The first-order chi connectivity index (χ1) is 8.87. The normalized spacial score (nSPS) is 12.3. The maximum absolute atomic E-state index is 5.65. The van der Waals surface area contributed by atoms with Crippen LogP contribution in [0.2, 0.25) is 0 Å². The number of hydrogen-bond donors (Lipinski definition) is 1. The van der Waals surface area contributed by atoms with Gasteiger partial charge in [-0.15, -0.1) is 0 Å². The van der Waals surface area contributed by atoms with Crippen molar-refractivity contribution in [1.82, 2.24) is 5.32 Å². The Labute approximate surface area is 116 Å². The first-order valence-electron chi connectivity index (χ1n) is 6.89. The van der Waals surface area contributed by atoms with Gasteiger partial charge in [0, 0.05) is 6.04 Å². The second-order valence-corrected chi connectivity index (χ2v) is 5.92. The van der Waals surface area contributed by atoms with Gasteiger partial charge in [-0.1, -0.05) is 13.8 Å². The molecule has 0 aliphatic rings. The average Bonchev–Trinajstić information content (AvgIpc) is 2.72. The smallest absolute Gasteiger partial charge is 0.129 e. The molecule has 1 aromatic heterocycles. The summed E-state index contributed by atoms with van der Waals surface area (Å²) in [6, 6.07) is 4.40. The van der Waals surface area contributed by atoms with E-state index in [2.05, 4.69) is 19.2 Å². The Kier molecular flexibility index (Phi) is 6.55. The predicted molar refractivity (Wildman–Crippen MR) is 76.0 cm³/mol. The molecule has 0 aliphatic carbocycles. The second-order valence-electron chi connectivity index (χ2n) is 5.92. The molecule has 0 saturated heterocycles. The van der Waals surface area contributed by atoms with Crippen molar-refractivity contribution in [2.24, 2.45) is 0 Å². The molecule has 0 atom stereocenters. The molecular weight excluding hydrogens is 242 g/mol. The molecule has 0 bridgehead atoms.